The van der Waals surface area contributed by atoms with Gasteiger partial charge in [-0.1, -0.05) is 36.4 Å². The van der Waals surface area contributed by atoms with E-state index in [0.29, 0.717) is 38.8 Å². The van der Waals surface area contributed by atoms with Gasteiger partial charge in [-0.05, 0) is 37.0 Å². The topological polar surface area (TPSA) is 46.6 Å². The van der Waals surface area contributed by atoms with Crippen molar-refractivity contribution in [1.82, 2.24) is 4.90 Å². The first-order valence-electron chi connectivity index (χ1n) is 9.28. The maximum atomic E-state index is 13.7. The van der Waals surface area contributed by atoms with Gasteiger partial charge in [0, 0.05) is 31.0 Å². The number of nitrogens with zero attached hydrogens (tertiary/aromatic N) is 1. The van der Waals surface area contributed by atoms with Crippen LogP contribution in [0.15, 0.2) is 48.5 Å². The molecule has 3 rings (SSSR count). The highest BCUT2D eigenvalue weighted by Gasteiger charge is 2.27. The van der Waals surface area contributed by atoms with Gasteiger partial charge >= 0.3 is 0 Å². The molecule has 0 N–H and O–H groups in total. The summed E-state index contributed by atoms with van der Waals surface area (Å²) in [7, 11) is 1.42. The molecule has 1 fully saturated rings. The summed E-state index contributed by atoms with van der Waals surface area (Å²) in [4.78, 5) is 26.8. The number of halogens is 1. The van der Waals surface area contributed by atoms with E-state index in [1.54, 1.807) is 12.1 Å². The lowest BCUT2D eigenvalue weighted by Gasteiger charge is -2.31. The van der Waals surface area contributed by atoms with Crippen LogP contribution in [0.1, 0.15) is 35.2 Å². The maximum absolute atomic E-state index is 13.7. The Balaban J connectivity index is 1.48. The standard InChI is InChI=1S/C22H24FNO3/c1-27-20-9-7-16(15-19(20)23)8-10-21(25)24-13-11-18(12-14-24)22(26)17-5-3-2-4-6-17/h2-7,9,15,18H,8,10-14H2,1H3. The number of carbonyl (C=O) groups is 2. The number of ether oxygens (including phenoxy) is 1. The van der Waals surface area contributed by atoms with Gasteiger partial charge in [0.05, 0.1) is 7.11 Å². The zero-order valence-corrected chi connectivity index (χ0v) is 15.5. The summed E-state index contributed by atoms with van der Waals surface area (Å²) in [6.45, 7) is 1.19. The molecule has 1 amide bonds. The number of rotatable bonds is 6. The van der Waals surface area contributed by atoms with Crippen molar-refractivity contribution in [2.24, 2.45) is 5.92 Å². The molecule has 0 bridgehead atoms. The van der Waals surface area contributed by atoms with E-state index in [1.807, 2.05) is 35.2 Å². The molecule has 0 spiro atoms. The van der Waals surface area contributed by atoms with E-state index in [4.69, 9.17) is 4.74 Å². The highest BCUT2D eigenvalue weighted by atomic mass is 19.1. The van der Waals surface area contributed by atoms with Crippen molar-refractivity contribution in [2.75, 3.05) is 20.2 Å². The van der Waals surface area contributed by atoms with E-state index in [0.717, 1.165) is 11.1 Å². The number of benzene rings is 2. The molecule has 4 nitrogen and oxygen atoms in total. The fraction of sp³-hybridized carbons (Fsp3) is 0.364. The molecule has 1 aliphatic rings. The molecule has 0 atom stereocenters. The monoisotopic (exact) mass is 369 g/mol. The number of piperidine rings is 1. The van der Waals surface area contributed by atoms with Crippen LogP contribution in [0.3, 0.4) is 0 Å². The number of hydrogen-bond acceptors (Lipinski definition) is 3. The summed E-state index contributed by atoms with van der Waals surface area (Å²) < 4.78 is 18.6. The van der Waals surface area contributed by atoms with Gasteiger partial charge < -0.3 is 9.64 Å². The Labute approximate surface area is 158 Å². The van der Waals surface area contributed by atoms with Gasteiger partial charge in [0.2, 0.25) is 5.91 Å². The van der Waals surface area contributed by atoms with E-state index >= 15 is 0 Å². The largest absolute Gasteiger partial charge is 0.494 e. The van der Waals surface area contributed by atoms with Crippen molar-refractivity contribution in [3.8, 4) is 5.75 Å². The highest BCUT2D eigenvalue weighted by molar-refractivity contribution is 5.98. The molecule has 2 aromatic rings. The van der Waals surface area contributed by atoms with Crippen LogP contribution in [0.25, 0.3) is 0 Å². The van der Waals surface area contributed by atoms with Crippen LogP contribution in [-0.4, -0.2) is 36.8 Å². The average molecular weight is 369 g/mol. The third-order valence-corrected chi connectivity index (χ3v) is 5.12. The van der Waals surface area contributed by atoms with Gasteiger partial charge in [0.15, 0.2) is 17.3 Å². The number of amides is 1. The Morgan fingerprint density at radius 3 is 2.44 bits per heavy atom. The summed E-state index contributed by atoms with van der Waals surface area (Å²) >= 11 is 0. The summed E-state index contributed by atoms with van der Waals surface area (Å²) in [6, 6.07) is 14.1. The molecule has 0 radical (unpaired) electrons. The predicted molar refractivity (Wildman–Crippen MR) is 101 cm³/mol. The van der Waals surface area contributed by atoms with Crippen molar-refractivity contribution >= 4 is 11.7 Å². The lowest BCUT2D eigenvalue weighted by Crippen LogP contribution is -2.40. The molecule has 1 saturated heterocycles. The van der Waals surface area contributed by atoms with Gasteiger partial charge in [0.25, 0.3) is 0 Å². The fourth-order valence-electron chi connectivity index (χ4n) is 3.50. The molecule has 1 heterocycles. The van der Waals surface area contributed by atoms with Crippen molar-refractivity contribution in [3.05, 3.63) is 65.5 Å². The Hall–Kier alpha value is -2.69. The zero-order valence-electron chi connectivity index (χ0n) is 15.5. The number of likely N-dealkylation sites (tertiary alicyclic amines) is 1. The normalized spacial score (nSPS) is 14.8. The van der Waals surface area contributed by atoms with Crippen LogP contribution in [-0.2, 0) is 11.2 Å². The smallest absolute Gasteiger partial charge is 0.222 e. The predicted octanol–water partition coefficient (Wildman–Crippen LogP) is 3.89. The van der Waals surface area contributed by atoms with E-state index < -0.39 is 5.82 Å². The van der Waals surface area contributed by atoms with E-state index in [2.05, 4.69) is 0 Å². The van der Waals surface area contributed by atoms with Gasteiger partial charge in [-0.25, -0.2) is 4.39 Å². The van der Waals surface area contributed by atoms with E-state index in [1.165, 1.54) is 13.2 Å². The number of methoxy groups -OCH3 is 1. The molecule has 27 heavy (non-hydrogen) atoms. The van der Waals surface area contributed by atoms with Crippen LogP contribution >= 0.6 is 0 Å². The molecule has 1 aliphatic heterocycles. The molecular formula is C22H24FNO3. The molecule has 5 heteroatoms. The average Bonchev–Trinajstić information content (AvgIpc) is 2.72. The van der Waals surface area contributed by atoms with Crippen LogP contribution in [0.4, 0.5) is 4.39 Å². The zero-order chi connectivity index (χ0) is 19.2. The molecule has 0 aromatic heterocycles. The highest BCUT2D eigenvalue weighted by Crippen LogP contribution is 2.23. The van der Waals surface area contributed by atoms with Gasteiger partial charge in [-0.3, -0.25) is 9.59 Å². The van der Waals surface area contributed by atoms with E-state index in [-0.39, 0.29) is 23.4 Å². The minimum absolute atomic E-state index is 0.0212. The van der Waals surface area contributed by atoms with Crippen molar-refractivity contribution < 1.29 is 18.7 Å². The Morgan fingerprint density at radius 2 is 1.81 bits per heavy atom. The molecule has 0 unspecified atom stereocenters. The van der Waals surface area contributed by atoms with Crippen LogP contribution in [0, 0.1) is 11.7 Å². The second-order valence-corrected chi connectivity index (χ2v) is 6.85. The Kier molecular flexibility index (Phi) is 6.22. The van der Waals surface area contributed by atoms with Gasteiger partial charge in [-0.2, -0.15) is 0 Å². The number of Topliss-reactive ketones (excluding diaryl/α,β-unsaturated/α-hetero) is 1. The Morgan fingerprint density at radius 1 is 1.11 bits per heavy atom. The lowest BCUT2D eigenvalue weighted by molar-refractivity contribution is -0.132. The summed E-state index contributed by atoms with van der Waals surface area (Å²) in [5, 5.41) is 0. The minimum atomic E-state index is -0.414. The van der Waals surface area contributed by atoms with E-state index in [9.17, 15) is 14.0 Å². The molecule has 0 aliphatic carbocycles. The van der Waals surface area contributed by atoms with Crippen molar-refractivity contribution in [3.63, 3.8) is 0 Å². The first-order chi connectivity index (χ1) is 13.1. The summed E-state index contributed by atoms with van der Waals surface area (Å²) in [5.41, 5.74) is 1.51. The quantitative estimate of drug-likeness (QED) is 0.726. The second-order valence-electron chi connectivity index (χ2n) is 6.85. The first kappa shape index (κ1) is 19.1. The maximum Gasteiger partial charge on any atom is 0.222 e. The van der Waals surface area contributed by atoms with Crippen LogP contribution < -0.4 is 4.74 Å². The lowest BCUT2D eigenvalue weighted by atomic mass is 9.89. The number of hydrogen-bond donors (Lipinski definition) is 0. The first-order valence-corrected chi connectivity index (χ1v) is 9.28. The van der Waals surface area contributed by atoms with Crippen molar-refractivity contribution in [2.45, 2.75) is 25.7 Å². The number of carbonyl (C=O) groups excluding carboxylic acids is 2. The van der Waals surface area contributed by atoms with Crippen LogP contribution in [0.2, 0.25) is 0 Å². The SMILES string of the molecule is COc1ccc(CCC(=O)N2CCC(C(=O)c3ccccc3)CC2)cc1F. The van der Waals surface area contributed by atoms with Crippen LogP contribution in [0.5, 0.6) is 5.75 Å². The van der Waals surface area contributed by atoms with Gasteiger partial charge in [-0.15, -0.1) is 0 Å². The molecule has 2 aromatic carbocycles. The molecular weight excluding hydrogens is 345 g/mol. The summed E-state index contributed by atoms with van der Waals surface area (Å²) in [5.74, 6) is -0.0155. The van der Waals surface area contributed by atoms with Crippen molar-refractivity contribution in [1.29, 1.82) is 0 Å². The number of aryl methyl sites for hydroxylation is 1. The third kappa shape index (κ3) is 4.73. The second kappa shape index (κ2) is 8.80. The number of ketones is 1. The van der Waals surface area contributed by atoms with Gasteiger partial charge in [0.1, 0.15) is 0 Å². The summed E-state index contributed by atoms with van der Waals surface area (Å²) in [6.07, 6.45) is 2.21. The molecule has 0 saturated carbocycles. The third-order valence-electron chi connectivity index (χ3n) is 5.12. The fourth-order valence-corrected chi connectivity index (χ4v) is 3.50. The minimum Gasteiger partial charge on any atom is -0.494 e. The Bertz CT molecular complexity index is 798. The molecule has 142 valence electrons.